The van der Waals surface area contributed by atoms with Crippen LogP contribution in [-0.4, -0.2) is 57.3 Å². The number of allylic oxidation sites excluding steroid dienone is 8. The molecule has 1 amide bonds. The standard InChI is InChI=1S/C59H111NO5/c1-3-5-7-9-11-13-15-17-19-21-23-25-27-28-29-30-31-33-34-36-38-40-42-44-46-48-50-52-56(62)58(64)55(54-61)60-59(65)57(63)53-51-49-47-45-43-41-39-37-35-32-26-24-22-20-18-16-14-12-10-8-6-4-2/h30-31,35-38,44,46,55-58,61-64H,3-29,32-34,39-43,45,47-54H2,1-2H3,(H,60,65)/b31-30+,37-35-,38-36+,46-44+. The number of nitrogens with one attached hydrogen (secondary N) is 1. The van der Waals surface area contributed by atoms with Crippen molar-refractivity contribution in [1.82, 2.24) is 5.32 Å². The number of aliphatic hydroxyl groups excluding tert-OH is 4. The smallest absolute Gasteiger partial charge is 0.249 e. The van der Waals surface area contributed by atoms with Crippen LogP contribution in [0.1, 0.15) is 290 Å². The second kappa shape index (κ2) is 53.2. The molecule has 6 heteroatoms. The predicted molar refractivity (Wildman–Crippen MR) is 283 cm³/mol. The first-order valence-electron chi connectivity index (χ1n) is 28.5. The van der Waals surface area contributed by atoms with Gasteiger partial charge in [-0.05, 0) is 89.9 Å². The molecule has 0 saturated carbocycles. The zero-order valence-corrected chi connectivity index (χ0v) is 43.2. The highest BCUT2D eigenvalue weighted by Gasteiger charge is 2.28. The lowest BCUT2D eigenvalue weighted by Gasteiger charge is -2.27. The maximum atomic E-state index is 12.6. The molecule has 4 atom stereocenters. The van der Waals surface area contributed by atoms with Crippen LogP contribution in [0.2, 0.25) is 0 Å². The summed E-state index contributed by atoms with van der Waals surface area (Å²) in [4.78, 5) is 12.6. The lowest BCUT2D eigenvalue weighted by atomic mass is 10.00. The van der Waals surface area contributed by atoms with Gasteiger partial charge in [0.1, 0.15) is 12.2 Å². The summed E-state index contributed by atoms with van der Waals surface area (Å²) in [6.45, 7) is 4.06. The van der Waals surface area contributed by atoms with Gasteiger partial charge in [0, 0.05) is 0 Å². The third kappa shape index (κ3) is 47.1. The van der Waals surface area contributed by atoms with Gasteiger partial charge in [-0.2, -0.15) is 0 Å². The Kier molecular flexibility index (Phi) is 51.8. The van der Waals surface area contributed by atoms with Crippen molar-refractivity contribution in [2.45, 2.75) is 314 Å². The van der Waals surface area contributed by atoms with Crippen LogP contribution in [0, 0.1) is 0 Å². The zero-order chi connectivity index (χ0) is 47.4. The van der Waals surface area contributed by atoms with Crippen LogP contribution < -0.4 is 5.32 Å². The summed E-state index contributed by atoms with van der Waals surface area (Å²) in [6, 6.07) is -1.02. The Labute approximate surface area is 404 Å². The van der Waals surface area contributed by atoms with Crippen LogP contribution in [-0.2, 0) is 4.79 Å². The lowest BCUT2D eigenvalue weighted by molar-refractivity contribution is -0.132. The Morgan fingerprint density at radius 3 is 0.969 bits per heavy atom. The van der Waals surface area contributed by atoms with E-state index in [-0.39, 0.29) is 0 Å². The molecule has 5 N–H and O–H groups in total. The first-order valence-corrected chi connectivity index (χ1v) is 28.5. The third-order valence-corrected chi connectivity index (χ3v) is 13.2. The van der Waals surface area contributed by atoms with Gasteiger partial charge in [0.05, 0.1) is 18.8 Å². The maximum Gasteiger partial charge on any atom is 0.249 e. The van der Waals surface area contributed by atoms with E-state index in [1.807, 2.05) is 0 Å². The van der Waals surface area contributed by atoms with E-state index in [4.69, 9.17) is 0 Å². The number of hydrogen-bond donors (Lipinski definition) is 5. The molecule has 0 saturated heterocycles. The van der Waals surface area contributed by atoms with E-state index in [0.29, 0.717) is 19.3 Å². The Morgan fingerprint density at radius 1 is 0.369 bits per heavy atom. The van der Waals surface area contributed by atoms with Crippen LogP contribution in [0.25, 0.3) is 0 Å². The molecule has 0 radical (unpaired) electrons. The lowest BCUT2D eigenvalue weighted by Crippen LogP contribution is -2.53. The number of carbonyl (C=O) groups excluding carboxylic acids is 1. The Morgan fingerprint density at radius 2 is 0.646 bits per heavy atom. The highest BCUT2D eigenvalue weighted by atomic mass is 16.3. The first kappa shape index (κ1) is 63.3. The van der Waals surface area contributed by atoms with Gasteiger partial charge >= 0.3 is 0 Å². The van der Waals surface area contributed by atoms with Gasteiger partial charge in [-0.1, -0.05) is 249 Å². The molecule has 0 heterocycles. The van der Waals surface area contributed by atoms with Crippen LogP contribution in [0.15, 0.2) is 48.6 Å². The van der Waals surface area contributed by atoms with E-state index in [1.165, 1.54) is 193 Å². The van der Waals surface area contributed by atoms with E-state index in [2.05, 4.69) is 67.8 Å². The van der Waals surface area contributed by atoms with Crippen molar-refractivity contribution in [2.75, 3.05) is 6.61 Å². The van der Waals surface area contributed by atoms with Crippen molar-refractivity contribution in [3.63, 3.8) is 0 Å². The molecule has 0 aliphatic heterocycles. The van der Waals surface area contributed by atoms with Gasteiger partial charge in [-0.3, -0.25) is 4.79 Å². The number of unbranched alkanes of at least 4 members (excludes halogenated alkanes) is 35. The van der Waals surface area contributed by atoms with E-state index < -0.39 is 36.9 Å². The largest absolute Gasteiger partial charge is 0.394 e. The fourth-order valence-electron chi connectivity index (χ4n) is 8.73. The van der Waals surface area contributed by atoms with Gasteiger partial charge in [0.15, 0.2) is 0 Å². The van der Waals surface area contributed by atoms with Gasteiger partial charge < -0.3 is 25.7 Å². The molecule has 382 valence electrons. The molecule has 0 fully saturated rings. The first-order chi connectivity index (χ1) is 32.0. The minimum absolute atomic E-state index is 0.351. The van der Waals surface area contributed by atoms with Crippen LogP contribution in [0.5, 0.6) is 0 Å². The number of hydrogen-bond acceptors (Lipinski definition) is 5. The summed E-state index contributed by atoms with van der Waals surface area (Å²) in [7, 11) is 0. The number of carbonyl (C=O) groups is 1. The normalized spacial score (nSPS) is 14.1. The zero-order valence-electron chi connectivity index (χ0n) is 43.2. The van der Waals surface area contributed by atoms with Crippen molar-refractivity contribution in [2.24, 2.45) is 0 Å². The molecule has 6 nitrogen and oxygen atoms in total. The van der Waals surface area contributed by atoms with Crippen LogP contribution >= 0.6 is 0 Å². The summed E-state index contributed by atoms with van der Waals surface area (Å²) in [5.74, 6) is -0.602. The van der Waals surface area contributed by atoms with E-state index in [9.17, 15) is 25.2 Å². The van der Waals surface area contributed by atoms with Crippen molar-refractivity contribution in [3.8, 4) is 0 Å². The van der Waals surface area contributed by atoms with Gasteiger partial charge in [0.2, 0.25) is 5.91 Å². The summed E-state index contributed by atoms with van der Waals surface area (Å²) >= 11 is 0. The van der Waals surface area contributed by atoms with Gasteiger partial charge in [-0.25, -0.2) is 0 Å². The van der Waals surface area contributed by atoms with Crippen molar-refractivity contribution in [3.05, 3.63) is 48.6 Å². The molecule has 0 aromatic carbocycles. The minimum atomic E-state index is -1.30. The van der Waals surface area contributed by atoms with Gasteiger partial charge in [-0.15, -0.1) is 0 Å². The molecule has 65 heavy (non-hydrogen) atoms. The maximum absolute atomic E-state index is 12.6. The third-order valence-electron chi connectivity index (χ3n) is 13.2. The van der Waals surface area contributed by atoms with Gasteiger partial charge in [0.25, 0.3) is 0 Å². The summed E-state index contributed by atoms with van der Waals surface area (Å²) in [5, 5.41) is 43.9. The molecule has 0 rings (SSSR count). The van der Waals surface area contributed by atoms with E-state index >= 15 is 0 Å². The second-order valence-electron chi connectivity index (χ2n) is 19.6. The molecule has 4 unspecified atom stereocenters. The van der Waals surface area contributed by atoms with E-state index in [1.54, 1.807) is 0 Å². The molecule has 0 bridgehead atoms. The average Bonchev–Trinajstić information content (AvgIpc) is 3.31. The second-order valence-corrected chi connectivity index (χ2v) is 19.6. The van der Waals surface area contributed by atoms with Crippen molar-refractivity contribution in [1.29, 1.82) is 0 Å². The van der Waals surface area contributed by atoms with Crippen LogP contribution in [0.4, 0.5) is 0 Å². The summed E-state index contributed by atoms with van der Waals surface area (Å²) in [5.41, 5.74) is 0. The van der Waals surface area contributed by atoms with Crippen LogP contribution in [0.3, 0.4) is 0 Å². The SMILES string of the molecule is CCCCCCCCCCCCCC/C=C\CCCCCCCCC(O)C(=O)NC(CO)C(O)C(O)CCC/C=C/CC/C=C/CC/C=C/CCCCCCCCCCCCCCCC. The van der Waals surface area contributed by atoms with E-state index in [0.717, 1.165) is 64.2 Å². The molecule has 0 aromatic heterocycles. The molecular formula is C59H111NO5. The minimum Gasteiger partial charge on any atom is -0.394 e. The fraction of sp³-hybridized carbons (Fsp3) is 0.847. The molecule has 0 aromatic rings. The molecule has 0 spiro atoms. The monoisotopic (exact) mass is 914 g/mol. The Bertz CT molecular complexity index is 1070. The quantitative estimate of drug-likeness (QED) is 0.0308. The average molecular weight is 915 g/mol. The number of amides is 1. The molecule has 0 aliphatic carbocycles. The Hall–Kier alpha value is -1.73. The fourth-order valence-corrected chi connectivity index (χ4v) is 8.73. The van der Waals surface area contributed by atoms with Crippen molar-refractivity contribution < 1.29 is 25.2 Å². The highest BCUT2D eigenvalue weighted by Crippen LogP contribution is 2.16. The Balaban J connectivity index is 3.73. The highest BCUT2D eigenvalue weighted by molar-refractivity contribution is 5.80. The molecular weight excluding hydrogens is 803 g/mol. The number of aliphatic hydroxyl groups is 4. The number of rotatable bonds is 52. The summed E-state index contributed by atoms with van der Waals surface area (Å²) < 4.78 is 0. The van der Waals surface area contributed by atoms with Crippen molar-refractivity contribution >= 4 is 5.91 Å². The summed E-state index contributed by atoms with van der Waals surface area (Å²) in [6.07, 6.45) is 67.5. The predicted octanol–water partition coefficient (Wildman–Crippen LogP) is 16.6. The molecule has 0 aliphatic rings. The topological polar surface area (TPSA) is 110 Å².